The molecule has 9 nitrogen and oxygen atoms in total. The van der Waals surface area contributed by atoms with E-state index in [1.54, 1.807) is 13.3 Å². The zero-order valence-corrected chi connectivity index (χ0v) is 18.7. The Morgan fingerprint density at radius 2 is 2.06 bits per heavy atom. The van der Waals surface area contributed by atoms with Crippen LogP contribution in [0, 0.1) is 11.3 Å². The summed E-state index contributed by atoms with van der Waals surface area (Å²) in [4.78, 5) is 10.7. The third kappa shape index (κ3) is 5.53. The Hall–Kier alpha value is -2.77. The van der Waals surface area contributed by atoms with E-state index in [0.717, 1.165) is 55.8 Å². The summed E-state index contributed by atoms with van der Waals surface area (Å²) in [6.45, 7) is 6.17. The second-order valence-corrected chi connectivity index (χ2v) is 8.19. The first-order valence-corrected chi connectivity index (χ1v) is 11.2. The number of hydrazine groups is 1. The van der Waals surface area contributed by atoms with Crippen molar-refractivity contribution in [1.82, 2.24) is 25.7 Å². The van der Waals surface area contributed by atoms with Gasteiger partial charge in [0.15, 0.2) is 5.69 Å². The third-order valence-electron chi connectivity index (χ3n) is 6.13. The van der Waals surface area contributed by atoms with Crippen LogP contribution in [0.2, 0.25) is 0 Å². The molecule has 32 heavy (non-hydrogen) atoms. The van der Waals surface area contributed by atoms with E-state index >= 15 is 0 Å². The van der Waals surface area contributed by atoms with Crippen LogP contribution in [-0.4, -0.2) is 53.9 Å². The molecule has 0 aliphatic carbocycles. The molecule has 9 heteroatoms. The Balaban J connectivity index is 1.32. The maximum Gasteiger partial charge on any atom is 0.158 e. The average Bonchev–Trinajstić information content (AvgIpc) is 3.31. The van der Waals surface area contributed by atoms with Crippen LogP contribution in [0.3, 0.4) is 0 Å². The van der Waals surface area contributed by atoms with Crippen LogP contribution in [0.15, 0.2) is 30.6 Å². The number of rotatable bonds is 8. The summed E-state index contributed by atoms with van der Waals surface area (Å²) in [5, 5.41) is 12.1. The molecule has 2 unspecified atom stereocenters. The highest BCUT2D eigenvalue weighted by Gasteiger charge is 2.27. The van der Waals surface area contributed by atoms with Crippen LogP contribution >= 0.6 is 0 Å². The fourth-order valence-electron chi connectivity index (χ4n) is 4.23. The summed E-state index contributed by atoms with van der Waals surface area (Å²) in [6, 6.07) is 8.36. The molecular formula is C23H31N7O2. The van der Waals surface area contributed by atoms with E-state index < -0.39 is 0 Å². The van der Waals surface area contributed by atoms with Gasteiger partial charge in [-0.3, -0.25) is 0 Å². The van der Waals surface area contributed by atoms with E-state index in [1.165, 1.54) is 6.20 Å². The highest BCUT2D eigenvalue weighted by atomic mass is 16.5. The van der Waals surface area contributed by atoms with Crippen LogP contribution in [0.4, 0.5) is 5.82 Å². The molecule has 1 aromatic heterocycles. The molecule has 2 atom stereocenters. The van der Waals surface area contributed by atoms with Crippen molar-refractivity contribution in [2.24, 2.45) is 0 Å². The van der Waals surface area contributed by atoms with Crippen LogP contribution < -0.4 is 20.9 Å². The van der Waals surface area contributed by atoms with E-state index in [2.05, 4.69) is 56.2 Å². The summed E-state index contributed by atoms with van der Waals surface area (Å²) in [5.41, 5.74) is 9.08. The highest BCUT2D eigenvalue weighted by molar-refractivity contribution is 5.41. The smallest absolute Gasteiger partial charge is 0.158 e. The SMILES string of the molecule is CCN1CCC(OCc2ccc(C3CC(Nc4cnc(C#N)cn4)NN3)c(OC)c2)CC1. The van der Waals surface area contributed by atoms with Gasteiger partial charge in [-0.1, -0.05) is 19.1 Å². The van der Waals surface area contributed by atoms with Crippen molar-refractivity contribution in [2.45, 2.75) is 51.1 Å². The van der Waals surface area contributed by atoms with Gasteiger partial charge >= 0.3 is 0 Å². The molecule has 0 radical (unpaired) electrons. The number of piperidine rings is 1. The van der Waals surface area contributed by atoms with Crippen LogP contribution in [0.5, 0.6) is 5.75 Å². The summed E-state index contributed by atoms with van der Waals surface area (Å²) in [6.07, 6.45) is 6.32. The number of anilines is 1. The topological polar surface area (TPSA) is 107 Å². The second-order valence-electron chi connectivity index (χ2n) is 8.19. The van der Waals surface area contributed by atoms with E-state index in [-0.39, 0.29) is 12.2 Å². The maximum atomic E-state index is 8.84. The van der Waals surface area contributed by atoms with Gasteiger partial charge in [-0.25, -0.2) is 20.8 Å². The number of nitriles is 1. The second kappa shape index (κ2) is 10.7. The quantitative estimate of drug-likeness (QED) is 0.573. The molecule has 0 saturated carbocycles. The molecule has 3 heterocycles. The van der Waals surface area contributed by atoms with Crippen molar-refractivity contribution >= 4 is 5.82 Å². The summed E-state index contributed by atoms with van der Waals surface area (Å²) < 4.78 is 11.9. The molecule has 3 N–H and O–H groups in total. The minimum absolute atomic E-state index is 0.0241. The van der Waals surface area contributed by atoms with Crippen molar-refractivity contribution in [2.75, 3.05) is 32.1 Å². The van der Waals surface area contributed by atoms with Gasteiger partial charge in [0.05, 0.1) is 44.4 Å². The van der Waals surface area contributed by atoms with E-state index in [9.17, 15) is 0 Å². The lowest BCUT2D eigenvalue weighted by molar-refractivity contribution is -0.00150. The van der Waals surface area contributed by atoms with Crippen molar-refractivity contribution in [3.8, 4) is 11.8 Å². The number of hydrogen-bond acceptors (Lipinski definition) is 9. The zero-order valence-electron chi connectivity index (χ0n) is 18.7. The molecule has 0 spiro atoms. The fraction of sp³-hybridized carbons (Fsp3) is 0.522. The summed E-state index contributed by atoms with van der Waals surface area (Å²) in [5.74, 6) is 1.47. The van der Waals surface area contributed by atoms with Crippen molar-refractivity contribution in [3.63, 3.8) is 0 Å². The lowest BCUT2D eigenvalue weighted by atomic mass is 10.0. The minimum Gasteiger partial charge on any atom is -0.496 e. The van der Waals surface area contributed by atoms with Gasteiger partial charge < -0.3 is 19.7 Å². The number of hydrogen-bond donors (Lipinski definition) is 3. The molecule has 2 saturated heterocycles. The average molecular weight is 438 g/mol. The predicted octanol–water partition coefficient (Wildman–Crippen LogP) is 2.33. The molecule has 2 aliphatic heterocycles. The van der Waals surface area contributed by atoms with Crippen molar-refractivity contribution in [1.29, 1.82) is 5.26 Å². The van der Waals surface area contributed by atoms with E-state index in [0.29, 0.717) is 24.2 Å². The first-order valence-electron chi connectivity index (χ1n) is 11.2. The Bertz CT molecular complexity index is 923. The molecule has 1 aromatic carbocycles. The molecule has 2 aromatic rings. The Morgan fingerprint density at radius 3 is 2.75 bits per heavy atom. The Labute approximate surface area is 189 Å². The monoisotopic (exact) mass is 437 g/mol. The number of likely N-dealkylation sites (tertiary alicyclic amines) is 1. The first-order chi connectivity index (χ1) is 15.7. The fourth-order valence-corrected chi connectivity index (χ4v) is 4.23. The summed E-state index contributed by atoms with van der Waals surface area (Å²) in [7, 11) is 1.70. The van der Waals surface area contributed by atoms with Gasteiger partial charge in [-0.2, -0.15) is 5.26 Å². The van der Waals surface area contributed by atoms with Gasteiger partial charge in [0.25, 0.3) is 0 Å². The van der Waals surface area contributed by atoms with Gasteiger partial charge in [-0.05, 0) is 31.0 Å². The molecule has 170 valence electrons. The number of nitrogens with one attached hydrogen (secondary N) is 3. The first kappa shape index (κ1) is 22.4. The number of ether oxygens (including phenoxy) is 2. The van der Waals surface area contributed by atoms with Gasteiger partial charge in [0.1, 0.15) is 17.6 Å². The third-order valence-corrected chi connectivity index (χ3v) is 6.13. The zero-order chi connectivity index (χ0) is 22.3. The van der Waals surface area contributed by atoms with Gasteiger partial charge in [0.2, 0.25) is 0 Å². The Morgan fingerprint density at radius 1 is 1.22 bits per heavy atom. The highest BCUT2D eigenvalue weighted by Crippen LogP contribution is 2.31. The number of nitrogens with zero attached hydrogens (tertiary/aromatic N) is 4. The van der Waals surface area contributed by atoms with Crippen molar-refractivity contribution in [3.05, 3.63) is 47.4 Å². The molecule has 2 aliphatic rings. The standard InChI is InChI=1S/C23H31N7O2/c1-3-30-8-6-18(7-9-30)32-15-16-4-5-19(21(10-16)31-2)20-11-22(29-28-20)27-23-14-25-17(12-24)13-26-23/h4-5,10,13-14,18,20,22,28-29H,3,6-9,11,15H2,1-2H3,(H,26,27). The number of benzene rings is 1. The van der Waals surface area contributed by atoms with Gasteiger partial charge in [0, 0.05) is 25.1 Å². The lowest BCUT2D eigenvalue weighted by Crippen LogP contribution is -2.36. The Kier molecular flexibility index (Phi) is 7.50. The van der Waals surface area contributed by atoms with Crippen LogP contribution in [0.25, 0.3) is 0 Å². The van der Waals surface area contributed by atoms with Crippen LogP contribution in [0.1, 0.15) is 49.0 Å². The normalized spacial score (nSPS) is 21.9. The van der Waals surface area contributed by atoms with Crippen molar-refractivity contribution < 1.29 is 9.47 Å². The lowest BCUT2D eigenvalue weighted by Gasteiger charge is -2.31. The molecule has 0 bridgehead atoms. The number of methoxy groups -OCH3 is 1. The minimum atomic E-state index is -0.0241. The predicted molar refractivity (Wildman–Crippen MR) is 121 cm³/mol. The van der Waals surface area contributed by atoms with Gasteiger partial charge in [-0.15, -0.1) is 0 Å². The van der Waals surface area contributed by atoms with Crippen LogP contribution in [-0.2, 0) is 11.3 Å². The molecular weight excluding hydrogens is 406 g/mol. The maximum absolute atomic E-state index is 8.84. The molecule has 2 fully saturated rings. The van der Waals surface area contributed by atoms with E-state index in [4.69, 9.17) is 14.7 Å². The number of aromatic nitrogens is 2. The molecule has 4 rings (SSSR count). The molecule has 0 amide bonds. The largest absolute Gasteiger partial charge is 0.496 e. The summed E-state index contributed by atoms with van der Waals surface area (Å²) >= 11 is 0. The van der Waals surface area contributed by atoms with E-state index in [1.807, 2.05) is 6.07 Å².